The maximum atomic E-state index is 12.4. The highest BCUT2D eigenvalue weighted by Gasteiger charge is 2.09. The number of carbonyl (C=O) groups excluding carboxylic acids is 1. The number of halogens is 1. The summed E-state index contributed by atoms with van der Waals surface area (Å²) >= 11 is 11.3. The number of hydrogen-bond donors (Lipinski definition) is 2. The molecule has 0 saturated heterocycles. The number of thiocarbonyl (C=S) groups is 1. The topological polar surface area (TPSA) is 50.4 Å². The number of amides is 1. The number of nitrogens with one attached hydrogen (secondary N) is 2. The molecule has 0 aliphatic carbocycles. The number of benzene rings is 3. The van der Waals surface area contributed by atoms with Crippen molar-refractivity contribution < 1.29 is 9.53 Å². The average Bonchev–Trinajstić information content (AvgIpc) is 2.70. The van der Waals surface area contributed by atoms with Crippen LogP contribution < -0.4 is 15.4 Å². The van der Waals surface area contributed by atoms with Crippen LogP contribution in [0.15, 0.2) is 72.8 Å². The molecule has 28 heavy (non-hydrogen) atoms. The third-order valence-corrected chi connectivity index (χ3v) is 4.63. The van der Waals surface area contributed by atoms with Gasteiger partial charge >= 0.3 is 0 Å². The maximum absolute atomic E-state index is 12.4. The van der Waals surface area contributed by atoms with E-state index < -0.39 is 0 Å². The van der Waals surface area contributed by atoms with Crippen molar-refractivity contribution in [2.75, 3.05) is 5.32 Å². The lowest BCUT2D eigenvalue weighted by Gasteiger charge is -2.11. The predicted molar refractivity (Wildman–Crippen MR) is 117 cm³/mol. The molecule has 0 bridgehead atoms. The Hall–Kier alpha value is -2.89. The van der Waals surface area contributed by atoms with Crippen LogP contribution in [0, 0.1) is 6.92 Å². The monoisotopic (exact) mass is 410 g/mol. The number of carbonyl (C=O) groups is 1. The van der Waals surface area contributed by atoms with Crippen molar-refractivity contribution in [3.05, 3.63) is 94.5 Å². The van der Waals surface area contributed by atoms with Gasteiger partial charge in [-0.2, -0.15) is 0 Å². The van der Waals surface area contributed by atoms with Gasteiger partial charge in [0.2, 0.25) is 0 Å². The second kappa shape index (κ2) is 9.35. The third-order valence-electron chi connectivity index (χ3n) is 4.02. The van der Waals surface area contributed by atoms with E-state index in [2.05, 4.69) is 10.6 Å². The van der Waals surface area contributed by atoms with Gasteiger partial charge in [-0.05, 0) is 66.7 Å². The van der Waals surface area contributed by atoms with E-state index in [9.17, 15) is 4.79 Å². The first kappa shape index (κ1) is 19.9. The lowest BCUT2D eigenvalue weighted by molar-refractivity contribution is 0.0977. The first-order valence-corrected chi connectivity index (χ1v) is 9.45. The van der Waals surface area contributed by atoms with Crippen molar-refractivity contribution in [3.8, 4) is 5.75 Å². The molecule has 0 aliphatic rings. The molecule has 4 nitrogen and oxygen atoms in total. The Morgan fingerprint density at radius 2 is 1.75 bits per heavy atom. The van der Waals surface area contributed by atoms with Gasteiger partial charge in [0.25, 0.3) is 5.91 Å². The smallest absolute Gasteiger partial charge is 0.257 e. The van der Waals surface area contributed by atoms with E-state index in [1.165, 1.54) is 0 Å². The number of rotatable bonds is 5. The van der Waals surface area contributed by atoms with Gasteiger partial charge < -0.3 is 10.1 Å². The molecular formula is C22H19ClN2O2S. The summed E-state index contributed by atoms with van der Waals surface area (Å²) in [5.74, 6) is 0.390. The van der Waals surface area contributed by atoms with Gasteiger partial charge in [0, 0.05) is 16.3 Å². The van der Waals surface area contributed by atoms with Gasteiger partial charge in [0.05, 0.1) is 0 Å². The van der Waals surface area contributed by atoms with Crippen molar-refractivity contribution in [1.82, 2.24) is 5.32 Å². The van der Waals surface area contributed by atoms with Crippen molar-refractivity contribution in [2.24, 2.45) is 0 Å². The first-order chi connectivity index (χ1) is 13.5. The summed E-state index contributed by atoms with van der Waals surface area (Å²) in [7, 11) is 0. The summed E-state index contributed by atoms with van der Waals surface area (Å²) in [6.07, 6.45) is 0. The molecule has 0 spiro atoms. The molecule has 0 unspecified atom stereocenters. The van der Waals surface area contributed by atoms with Gasteiger partial charge in [0.15, 0.2) is 5.11 Å². The van der Waals surface area contributed by atoms with Gasteiger partial charge in [-0.3, -0.25) is 10.1 Å². The van der Waals surface area contributed by atoms with Crippen molar-refractivity contribution in [1.29, 1.82) is 0 Å². The minimum absolute atomic E-state index is 0.203. The zero-order valence-corrected chi connectivity index (χ0v) is 16.8. The van der Waals surface area contributed by atoms with Crippen LogP contribution in [-0.4, -0.2) is 11.0 Å². The highest BCUT2D eigenvalue weighted by Crippen LogP contribution is 2.20. The Labute approximate surface area is 174 Å². The second-order valence-corrected chi connectivity index (χ2v) is 6.99. The molecule has 0 atom stereocenters. The largest absolute Gasteiger partial charge is 0.489 e. The molecule has 3 rings (SSSR count). The Balaban J connectivity index is 1.53. The van der Waals surface area contributed by atoms with Crippen molar-refractivity contribution >= 4 is 40.5 Å². The van der Waals surface area contributed by atoms with Crippen LogP contribution in [0.5, 0.6) is 5.75 Å². The molecule has 0 radical (unpaired) electrons. The normalized spacial score (nSPS) is 10.2. The van der Waals surface area contributed by atoms with Crippen LogP contribution in [0.3, 0.4) is 0 Å². The standard InChI is InChI=1S/C22H19ClN2O2S/c1-15-7-10-18(13-20(15)23)24-22(28)25-21(26)17-8-11-19(12-9-17)27-14-16-5-3-2-4-6-16/h2-13H,14H2,1H3,(H2,24,25,26,28). The Bertz CT molecular complexity index is 976. The Morgan fingerprint density at radius 3 is 2.43 bits per heavy atom. The maximum Gasteiger partial charge on any atom is 0.257 e. The zero-order valence-electron chi connectivity index (χ0n) is 15.2. The van der Waals surface area contributed by atoms with E-state index in [0.29, 0.717) is 28.6 Å². The quantitative estimate of drug-likeness (QED) is 0.556. The molecule has 0 aliphatic heterocycles. The third kappa shape index (κ3) is 5.55. The van der Waals surface area contributed by atoms with Gasteiger partial charge in [-0.15, -0.1) is 0 Å². The molecular weight excluding hydrogens is 392 g/mol. The fourth-order valence-electron chi connectivity index (χ4n) is 2.45. The van der Waals surface area contributed by atoms with E-state index in [0.717, 1.165) is 11.1 Å². The summed E-state index contributed by atoms with van der Waals surface area (Å²) in [5, 5.41) is 6.44. The zero-order chi connectivity index (χ0) is 19.9. The summed E-state index contributed by atoms with van der Waals surface area (Å²) < 4.78 is 5.73. The van der Waals surface area contributed by atoms with E-state index in [1.807, 2.05) is 49.4 Å². The lowest BCUT2D eigenvalue weighted by atomic mass is 10.2. The molecule has 0 saturated carbocycles. The summed E-state index contributed by atoms with van der Waals surface area (Å²) in [5.41, 5.74) is 3.25. The van der Waals surface area contributed by atoms with E-state index >= 15 is 0 Å². The van der Waals surface area contributed by atoms with Crippen LogP contribution in [0.4, 0.5) is 5.69 Å². The molecule has 2 N–H and O–H groups in total. The molecule has 6 heteroatoms. The summed E-state index contributed by atoms with van der Waals surface area (Å²) in [4.78, 5) is 12.4. The number of hydrogen-bond acceptors (Lipinski definition) is 3. The highest BCUT2D eigenvalue weighted by atomic mass is 35.5. The van der Waals surface area contributed by atoms with Crippen LogP contribution in [0.25, 0.3) is 0 Å². The molecule has 142 valence electrons. The van der Waals surface area contributed by atoms with Crippen LogP contribution in [-0.2, 0) is 6.61 Å². The molecule has 0 heterocycles. The molecule has 3 aromatic rings. The molecule has 1 amide bonds. The van der Waals surface area contributed by atoms with E-state index in [-0.39, 0.29) is 11.0 Å². The van der Waals surface area contributed by atoms with Gasteiger partial charge in [0.1, 0.15) is 12.4 Å². The summed E-state index contributed by atoms with van der Waals surface area (Å²) in [6.45, 7) is 2.39. The number of anilines is 1. The Kier molecular flexibility index (Phi) is 6.63. The number of ether oxygens (including phenoxy) is 1. The summed E-state index contributed by atoms with van der Waals surface area (Å²) in [6, 6.07) is 22.3. The number of aryl methyl sites for hydroxylation is 1. The lowest BCUT2D eigenvalue weighted by Crippen LogP contribution is -2.34. The van der Waals surface area contributed by atoms with Crippen molar-refractivity contribution in [3.63, 3.8) is 0 Å². The Morgan fingerprint density at radius 1 is 1.04 bits per heavy atom. The van der Waals surface area contributed by atoms with Gasteiger partial charge in [-0.25, -0.2) is 0 Å². The van der Waals surface area contributed by atoms with Crippen LogP contribution in [0.2, 0.25) is 5.02 Å². The SMILES string of the molecule is Cc1ccc(NC(=S)NC(=O)c2ccc(OCc3ccccc3)cc2)cc1Cl. The minimum atomic E-state index is -0.301. The molecule has 0 aromatic heterocycles. The van der Waals surface area contributed by atoms with Crippen LogP contribution in [0.1, 0.15) is 21.5 Å². The first-order valence-electron chi connectivity index (χ1n) is 8.66. The van der Waals surface area contributed by atoms with E-state index in [1.54, 1.807) is 30.3 Å². The molecule has 0 fully saturated rings. The van der Waals surface area contributed by atoms with Crippen molar-refractivity contribution in [2.45, 2.75) is 13.5 Å². The van der Waals surface area contributed by atoms with Gasteiger partial charge in [-0.1, -0.05) is 48.0 Å². The fourth-order valence-corrected chi connectivity index (χ4v) is 2.84. The predicted octanol–water partition coefficient (Wildman–Crippen LogP) is 5.35. The van der Waals surface area contributed by atoms with E-state index in [4.69, 9.17) is 28.6 Å². The fraction of sp³-hybridized carbons (Fsp3) is 0.0909. The highest BCUT2D eigenvalue weighted by molar-refractivity contribution is 7.80. The minimum Gasteiger partial charge on any atom is -0.489 e. The molecule has 3 aromatic carbocycles. The van der Waals surface area contributed by atoms with Crippen LogP contribution >= 0.6 is 23.8 Å². The average molecular weight is 411 g/mol. The second-order valence-electron chi connectivity index (χ2n) is 6.17.